The summed E-state index contributed by atoms with van der Waals surface area (Å²) in [4.78, 5) is 20.7. The normalized spacial score (nSPS) is 22.9. The van der Waals surface area contributed by atoms with Crippen molar-refractivity contribution < 1.29 is 17.9 Å². The minimum absolute atomic E-state index is 0.0455. The SMILES string of the molecule is CN(C(=O)c1ccc(NCCN2CCOCC2)nc1)C1CCS(=O)(=O)C1. The minimum Gasteiger partial charge on any atom is -0.379 e. The summed E-state index contributed by atoms with van der Waals surface area (Å²) >= 11 is 0. The Morgan fingerprint density at radius 1 is 1.38 bits per heavy atom. The molecule has 9 heteroatoms. The van der Waals surface area contributed by atoms with Gasteiger partial charge in [0, 0.05) is 45.5 Å². The lowest BCUT2D eigenvalue weighted by atomic mass is 10.2. The summed E-state index contributed by atoms with van der Waals surface area (Å²) in [5.74, 6) is 0.726. The van der Waals surface area contributed by atoms with Crippen molar-refractivity contribution in [2.75, 3.05) is 63.3 Å². The zero-order chi connectivity index (χ0) is 18.6. The third-order valence-electron chi connectivity index (χ3n) is 4.92. The van der Waals surface area contributed by atoms with Gasteiger partial charge in [0.05, 0.1) is 30.3 Å². The number of anilines is 1. The van der Waals surface area contributed by atoms with Crippen molar-refractivity contribution in [1.29, 1.82) is 0 Å². The van der Waals surface area contributed by atoms with Gasteiger partial charge in [0.1, 0.15) is 5.82 Å². The molecular weight excluding hydrogens is 356 g/mol. The second-order valence-electron chi connectivity index (χ2n) is 6.79. The quantitative estimate of drug-likeness (QED) is 0.745. The number of sulfone groups is 1. The highest BCUT2D eigenvalue weighted by atomic mass is 32.2. The predicted molar refractivity (Wildman–Crippen MR) is 99.1 cm³/mol. The van der Waals surface area contributed by atoms with Crippen LogP contribution in [0.3, 0.4) is 0 Å². The van der Waals surface area contributed by atoms with E-state index in [0.29, 0.717) is 12.0 Å². The third-order valence-corrected chi connectivity index (χ3v) is 6.68. The molecule has 8 nitrogen and oxygen atoms in total. The van der Waals surface area contributed by atoms with Crippen LogP contribution in [0.5, 0.6) is 0 Å². The number of amides is 1. The van der Waals surface area contributed by atoms with Crippen LogP contribution in [0.2, 0.25) is 0 Å². The van der Waals surface area contributed by atoms with Crippen molar-refractivity contribution in [2.45, 2.75) is 12.5 Å². The van der Waals surface area contributed by atoms with Crippen molar-refractivity contribution in [3.63, 3.8) is 0 Å². The van der Waals surface area contributed by atoms with E-state index >= 15 is 0 Å². The predicted octanol–water partition coefficient (Wildman–Crippen LogP) is 0.0848. The van der Waals surface area contributed by atoms with Gasteiger partial charge in [-0.2, -0.15) is 0 Å². The molecule has 0 saturated carbocycles. The Kier molecular flexibility index (Phi) is 6.10. The Balaban J connectivity index is 1.49. The van der Waals surface area contributed by atoms with Gasteiger partial charge >= 0.3 is 0 Å². The number of hydrogen-bond donors (Lipinski definition) is 1. The molecule has 0 bridgehead atoms. The molecule has 1 aromatic rings. The molecule has 1 aromatic heterocycles. The lowest BCUT2D eigenvalue weighted by Crippen LogP contribution is -2.39. The van der Waals surface area contributed by atoms with E-state index in [1.165, 1.54) is 4.90 Å². The average Bonchev–Trinajstić information content (AvgIpc) is 3.02. The Morgan fingerprint density at radius 3 is 2.77 bits per heavy atom. The van der Waals surface area contributed by atoms with Gasteiger partial charge in [-0.15, -0.1) is 0 Å². The van der Waals surface area contributed by atoms with E-state index in [-0.39, 0.29) is 23.5 Å². The van der Waals surface area contributed by atoms with Crippen LogP contribution < -0.4 is 5.32 Å². The zero-order valence-electron chi connectivity index (χ0n) is 15.1. The smallest absolute Gasteiger partial charge is 0.255 e. The van der Waals surface area contributed by atoms with E-state index in [2.05, 4.69) is 15.2 Å². The van der Waals surface area contributed by atoms with Crippen LogP contribution in [-0.4, -0.2) is 93.1 Å². The zero-order valence-corrected chi connectivity index (χ0v) is 15.9. The van der Waals surface area contributed by atoms with Gasteiger partial charge in [0.25, 0.3) is 5.91 Å². The highest BCUT2D eigenvalue weighted by molar-refractivity contribution is 7.91. The maximum absolute atomic E-state index is 12.5. The van der Waals surface area contributed by atoms with E-state index < -0.39 is 9.84 Å². The van der Waals surface area contributed by atoms with E-state index in [1.54, 1.807) is 25.4 Å². The molecule has 1 N–H and O–H groups in total. The van der Waals surface area contributed by atoms with Crippen molar-refractivity contribution >= 4 is 21.6 Å². The second-order valence-corrected chi connectivity index (χ2v) is 9.01. The van der Waals surface area contributed by atoms with Crippen LogP contribution in [0.15, 0.2) is 18.3 Å². The first-order chi connectivity index (χ1) is 12.4. The maximum atomic E-state index is 12.5. The Bertz CT molecular complexity index is 717. The van der Waals surface area contributed by atoms with Crippen LogP contribution in [0.25, 0.3) is 0 Å². The number of nitrogens with zero attached hydrogens (tertiary/aromatic N) is 3. The van der Waals surface area contributed by atoms with Crippen LogP contribution >= 0.6 is 0 Å². The molecule has 0 radical (unpaired) electrons. The highest BCUT2D eigenvalue weighted by Crippen LogP contribution is 2.18. The number of ether oxygens (including phenoxy) is 1. The highest BCUT2D eigenvalue weighted by Gasteiger charge is 2.33. The van der Waals surface area contributed by atoms with E-state index in [9.17, 15) is 13.2 Å². The summed E-state index contributed by atoms with van der Waals surface area (Å²) in [6.45, 7) is 5.16. The number of aromatic nitrogens is 1. The number of pyridine rings is 1. The summed E-state index contributed by atoms with van der Waals surface area (Å²) in [6.07, 6.45) is 2.04. The van der Waals surface area contributed by atoms with Gasteiger partial charge in [-0.1, -0.05) is 0 Å². The molecule has 1 unspecified atom stereocenters. The van der Waals surface area contributed by atoms with E-state index in [0.717, 1.165) is 45.2 Å². The minimum atomic E-state index is -3.01. The van der Waals surface area contributed by atoms with Crippen LogP contribution in [-0.2, 0) is 14.6 Å². The number of nitrogens with one attached hydrogen (secondary N) is 1. The molecule has 2 saturated heterocycles. The summed E-state index contributed by atoms with van der Waals surface area (Å²) < 4.78 is 28.5. The van der Waals surface area contributed by atoms with Crippen molar-refractivity contribution in [2.24, 2.45) is 0 Å². The van der Waals surface area contributed by atoms with E-state index in [4.69, 9.17) is 4.74 Å². The fourth-order valence-corrected chi connectivity index (χ4v) is 5.02. The van der Waals surface area contributed by atoms with Gasteiger partial charge in [0.15, 0.2) is 9.84 Å². The number of morpholine rings is 1. The molecule has 0 aromatic carbocycles. The number of carbonyl (C=O) groups is 1. The summed E-state index contributed by atoms with van der Waals surface area (Å²) in [5.41, 5.74) is 0.468. The van der Waals surface area contributed by atoms with Crippen molar-refractivity contribution in [1.82, 2.24) is 14.8 Å². The Morgan fingerprint density at radius 2 is 2.15 bits per heavy atom. The van der Waals surface area contributed by atoms with Gasteiger partial charge < -0.3 is 15.0 Å². The Hall–Kier alpha value is -1.71. The lowest BCUT2D eigenvalue weighted by Gasteiger charge is -2.26. The van der Waals surface area contributed by atoms with Crippen LogP contribution in [0.1, 0.15) is 16.8 Å². The fourth-order valence-electron chi connectivity index (χ4n) is 3.24. The molecule has 26 heavy (non-hydrogen) atoms. The molecular formula is C17H26N4O4S. The largest absolute Gasteiger partial charge is 0.379 e. The third kappa shape index (κ3) is 4.93. The standard InChI is InChI=1S/C17H26N4O4S/c1-20(15-4-11-26(23,24)13-15)17(22)14-2-3-16(19-12-14)18-5-6-21-7-9-25-10-8-21/h2-3,12,15H,4-11,13H2,1H3,(H,18,19). The monoisotopic (exact) mass is 382 g/mol. The fraction of sp³-hybridized carbons (Fsp3) is 0.647. The molecule has 2 aliphatic rings. The molecule has 0 spiro atoms. The average molecular weight is 382 g/mol. The molecule has 3 rings (SSSR count). The number of hydrogen-bond acceptors (Lipinski definition) is 7. The van der Waals surface area contributed by atoms with Gasteiger partial charge in [-0.05, 0) is 18.6 Å². The van der Waals surface area contributed by atoms with Crippen molar-refractivity contribution in [3.8, 4) is 0 Å². The molecule has 2 aliphatic heterocycles. The second kappa shape index (κ2) is 8.32. The summed E-state index contributed by atoms with van der Waals surface area (Å²) in [7, 11) is -1.36. The molecule has 144 valence electrons. The Labute approximate surface area is 154 Å². The molecule has 2 fully saturated rings. The lowest BCUT2D eigenvalue weighted by molar-refractivity contribution is 0.0398. The number of rotatable bonds is 6. The molecule has 1 atom stereocenters. The van der Waals surface area contributed by atoms with Gasteiger partial charge in [-0.3, -0.25) is 9.69 Å². The molecule has 3 heterocycles. The number of carbonyl (C=O) groups excluding carboxylic acids is 1. The maximum Gasteiger partial charge on any atom is 0.255 e. The molecule has 0 aliphatic carbocycles. The molecule has 1 amide bonds. The van der Waals surface area contributed by atoms with Gasteiger partial charge in [-0.25, -0.2) is 13.4 Å². The summed E-state index contributed by atoms with van der Waals surface area (Å²) in [6, 6.07) is 3.26. The van der Waals surface area contributed by atoms with Gasteiger partial charge in [0.2, 0.25) is 0 Å². The first-order valence-electron chi connectivity index (χ1n) is 8.92. The first-order valence-corrected chi connectivity index (χ1v) is 10.7. The van der Waals surface area contributed by atoms with Crippen molar-refractivity contribution in [3.05, 3.63) is 23.9 Å². The van der Waals surface area contributed by atoms with E-state index in [1.807, 2.05) is 0 Å². The first kappa shape index (κ1) is 19.1. The van der Waals surface area contributed by atoms with Crippen LogP contribution in [0, 0.1) is 0 Å². The van der Waals surface area contributed by atoms with Crippen LogP contribution in [0.4, 0.5) is 5.82 Å². The topological polar surface area (TPSA) is 91.8 Å². The summed E-state index contributed by atoms with van der Waals surface area (Å²) in [5, 5.41) is 3.26.